The average Bonchev–Trinajstić information content (AvgIpc) is 2.65. The molecule has 0 aliphatic heterocycles. The number of nitrogens with zero attached hydrogens (tertiary/aromatic N) is 2. The molecule has 136 valence electrons. The summed E-state index contributed by atoms with van der Waals surface area (Å²) < 4.78 is 11.5. The van der Waals surface area contributed by atoms with Gasteiger partial charge in [0.25, 0.3) is 0 Å². The predicted molar refractivity (Wildman–Crippen MR) is 99.4 cm³/mol. The van der Waals surface area contributed by atoms with Crippen LogP contribution >= 0.6 is 0 Å². The molecule has 0 radical (unpaired) electrons. The molecule has 2 rings (SSSR count). The molecule has 0 saturated carbocycles. The number of ether oxygens (including phenoxy) is 2. The maximum absolute atomic E-state index is 9.70. The van der Waals surface area contributed by atoms with Gasteiger partial charge >= 0.3 is 0 Å². The number of aryl methyl sites for hydroxylation is 2. The number of aromatic hydroxyl groups is 1. The second-order valence-electron chi connectivity index (χ2n) is 5.92. The van der Waals surface area contributed by atoms with Crippen LogP contribution in [0.1, 0.15) is 51.9 Å². The Labute approximate surface area is 150 Å². The number of methoxy groups -OCH3 is 1. The van der Waals surface area contributed by atoms with Crippen LogP contribution in [0.25, 0.3) is 11.3 Å². The molecule has 0 amide bonds. The first-order valence-electron chi connectivity index (χ1n) is 9.01. The molecule has 0 saturated heterocycles. The maximum Gasteiger partial charge on any atom is 0.236 e. The second-order valence-corrected chi connectivity index (χ2v) is 5.92. The van der Waals surface area contributed by atoms with Crippen LogP contribution in [0.4, 0.5) is 0 Å². The maximum atomic E-state index is 9.70. The molecule has 0 aliphatic carbocycles. The van der Waals surface area contributed by atoms with Gasteiger partial charge in [-0.3, -0.25) is 0 Å². The van der Waals surface area contributed by atoms with Gasteiger partial charge in [0.05, 0.1) is 24.6 Å². The van der Waals surface area contributed by atoms with Crippen LogP contribution in [-0.2, 0) is 12.8 Å². The molecule has 5 nitrogen and oxygen atoms in total. The third-order valence-corrected chi connectivity index (χ3v) is 4.30. The molecular weight excluding hydrogens is 316 g/mol. The SMILES string of the molecule is CCc1nc(-c2ccc(O)cc2OC)c(CC)nc1OC(CC)CC. The first-order chi connectivity index (χ1) is 12.1. The molecule has 1 aromatic heterocycles. The Bertz CT molecular complexity index is 712. The highest BCUT2D eigenvalue weighted by Gasteiger charge is 2.19. The highest BCUT2D eigenvalue weighted by molar-refractivity contribution is 5.70. The number of aromatic nitrogens is 2. The highest BCUT2D eigenvalue weighted by Crippen LogP contribution is 2.35. The van der Waals surface area contributed by atoms with Crippen molar-refractivity contribution in [1.82, 2.24) is 9.97 Å². The van der Waals surface area contributed by atoms with E-state index < -0.39 is 0 Å². The van der Waals surface area contributed by atoms with Crippen LogP contribution in [-0.4, -0.2) is 28.3 Å². The van der Waals surface area contributed by atoms with Gasteiger partial charge in [0.15, 0.2) is 0 Å². The lowest BCUT2D eigenvalue weighted by Crippen LogP contribution is -2.17. The molecule has 0 spiro atoms. The molecule has 25 heavy (non-hydrogen) atoms. The zero-order valence-electron chi connectivity index (χ0n) is 15.8. The minimum absolute atomic E-state index is 0.151. The van der Waals surface area contributed by atoms with Crippen LogP contribution in [0, 0.1) is 0 Å². The summed E-state index contributed by atoms with van der Waals surface area (Å²) in [6.07, 6.45) is 3.50. The van der Waals surface area contributed by atoms with Crippen molar-refractivity contribution < 1.29 is 14.6 Å². The van der Waals surface area contributed by atoms with E-state index in [0.717, 1.165) is 48.3 Å². The van der Waals surface area contributed by atoms with E-state index in [0.29, 0.717) is 11.6 Å². The Morgan fingerprint density at radius 2 is 1.68 bits per heavy atom. The number of hydrogen-bond acceptors (Lipinski definition) is 5. The summed E-state index contributed by atoms with van der Waals surface area (Å²) in [6.45, 7) is 8.33. The van der Waals surface area contributed by atoms with Crippen molar-refractivity contribution in [1.29, 1.82) is 0 Å². The molecule has 0 aliphatic rings. The zero-order valence-corrected chi connectivity index (χ0v) is 15.8. The lowest BCUT2D eigenvalue weighted by atomic mass is 10.1. The van der Waals surface area contributed by atoms with E-state index in [4.69, 9.17) is 19.4 Å². The lowest BCUT2D eigenvalue weighted by Gasteiger charge is -2.19. The fourth-order valence-electron chi connectivity index (χ4n) is 2.76. The number of phenols is 1. The Hall–Kier alpha value is -2.30. The van der Waals surface area contributed by atoms with Crippen molar-refractivity contribution in [2.45, 2.75) is 59.5 Å². The van der Waals surface area contributed by atoms with Gasteiger partial charge in [-0.1, -0.05) is 27.7 Å². The monoisotopic (exact) mass is 344 g/mol. The van der Waals surface area contributed by atoms with E-state index in [1.165, 1.54) is 0 Å². The second kappa shape index (κ2) is 8.70. The third kappa shape index (κ3) is 4.21. The Balaban J connectivity index is 2.56. The van der Waals surface area contributed by atoms with Crippen LogP contribution < -0.4 is 9.47 Å². The summed E-state index contributed by atoms with van der Waals surface area (Å²) in [7, 11) is 1.59. The quantitative estimate of drug-likeness (QED) is 0.761. The summed E-state index contributed by atoms with van der Waals surface area (Å²) >= 11 is 0. The van der Waals surface area contributed by atoms with E-state index in [-0.39, 0.29) is 11.9 Å². The van der Waals surface area contributed by atoms with Gasteiger partial charge < -0.3 is 14.6 Å². The average molecular weight is 344 g/mol. The van der Waals surface area contributed by atoms with Gasteiger partial charge in [-0.25, -0.2) is 9.97 Å². The largest absolute Gasteiger partial charge is 0.508 e. The Morgan fingerprint density at radius 3 is 2.24 bits per heavy atom. The number of phenolic OH excluding ortho intramolecular Hbond substituents is 1. The molecule has 1 heterocycles. The highest BCUT2D eigenvalue weighted by atomic mass is 16.5. The summed E-state index contributed by atoms with van der Waals surface area (Å²) in [5, 5.41) is 9.70. The fourth-order valence-corrected chi connectivity index (χ4v) is 2.76. The van der Waals surface area contributed by atoms with E-state index >= 15 is 0 Å². The zero-order chi connectivity index (χ0) is 18.4. The molecule has 5 heteroatoms. The molecular formula is C20H28N2O3. The van der Waals surface area contributed by atoms with Crippen molar-refractivity contribution >= 4 is 0 Å². The van der Waals surface area contributed by atoms with Crippen molar-refractivity contribution in [3.8, 4) is 28.6 Å². The molecule has 0 atom stereocenters. The number of hydrogen-bond donors (Lipinski definition) is 1. The Morgan fingerprint density at radius 1 is 1.00 bits per heavy atom. The normalized spacial score (nSPS) is 11.0. The van der Waals surface area contributed by atoms with Crippen molar-refractivity contribution in [3.63, 3.8) is 0 Å². The number of benzene rings is 1. The van der Waals surface area contributed by atoms with Gasteiger partial charge in [-0.2, -0.15) is 0 Å². The molecule has 0 fully saturated rings. The molecule has 1 N–H and O–H groups in total. The number of rotatable bonds is 8. The van der Waals surface area contributed by atoms with Crippen LogP contribution in [0.2, 0.25) is 0 Å². The first-order valence-corrected chi connectivity index (χ1v) is 9.01. The predicted octanol–water partition coefficient (Wildman–Crippen LogP) is 4.55. The van der Waals surface area contributed by atoms with Gasteiger partial charge in [0, 0.05) is 11.6 Å². The van der Waals surface area contributed by atoms with Gasteiger partial charge in [0.1, 0.15) is 17.2 Å². The summed E-state index contributed by atoms with van der Waals surface area (Å²) in [4.78, 5) is 9.61. The van der Waals surface area contributed by atoms with E-state index in [9.17, 15) is 5.11 Å². The van der Waals surface area contributed by atoms with Gasteiger partial charge in [0.2, 0.25) is 5.88 Å². The third-order valence-electron chi connectivity index (χ3n) is 4.30. The lowest BCUT2D eigenvalue weighted by molar-refractivity contribution is 0.181. The summed E-state index contributed by atoms with van der Waals surface area (Å²) in [5.41, 5.74) is 3.32. The molecule has 0 unspecified atom stereocenters. The van der Waals surface area contributed by atoms with E-state index in [1.807, 2.05) is 19.9 Å². The van der Waals surface area contributed by atoms with Crippen molar-refractivity contribution in [2.75, 3.05) is 7.11 Å². The van der Waals surface area contributed by atoms with Gasteiger partial charge in [-0.05, 0) is 37.8 Å². The first kappa shape index (κ1) is 19.0. The summed E-state index contributed by atoms with van der Waals surface area (Å²) in [6, 6.07) is 5.05. The van der Waals surface area contributed by atoms with Gasteiger partial charge in [-0.15, -0.1) is 0 Å². The minimum atomic E-state index is 0.151. The van der Waals surface area contributed by atoms with Crippen molar-refractivity contribution in [3.05, 3.63) is 29.6 Å². The minimum Gasteiger partial charge on any atom is -0.508 e. The van der Waals surface area contributed by atoms with Crippen molar-refractivity contribution in [2.24, 2.45) is 0 Å². The topological polar surface area (TPSA) is 64.5 Å². The standard InChI is InChI=1S/C20H28N2O3/c1-6-14(7-2)25-20-17(9-4)21-19(16(8-3)22-20)15-11-10-13(23)12-18(15)24-5/h10-12,14,23H,6-9H2,1-5H3. The molecule has 2 aromatic rings. The smallest absolute Gasteiger partial charge is 0.236 e. The van der Waals surface area contributed by atoms with Crippen LogP contribution in [0.15, 0.2) is 18.2 Å². The fraction of sp³-hybridized carbons (Fsp3) is 0.500. The van der Waals surface area contributed by atoms with Crippen LogP contribution in [0.5, 0.6) is 17.4 Å². The van der Waals surface area contributed by atoms with E-state index in [2.05, 4.69) is 13.8 Å². The van der Waals surface area contributed by atoms with Crippen LogP contribution in [0.3, 0.4) is 0 Å². The summed E-state index contributed by atoms with van der Waals surface area (Å²) in [5.74, 6) is 1.38. The van der Waals surface area contributed by atoms with E-state index in [1.54, 1.807) is 19.2 Å². The Kier molecular flexibility index (Phi) is 6.62. The molecule has 1 aromatic carbocycles. The molecule has 0 bridgehead atoms.